The molecule has 11 heteroatoms. The molecule has 1 amide bonds. The lowest BCUT2D eigenvalue weighted by atomic mass is 10.1. The van der Waals surface area contributed by atoms with Crippen molar-refractivity contribution in [1.82, 2.24) is 19.9 Å². The Labute approximate surface area is 209 Å². The van der Waals surface area contributed by atoms with Crippen LogP contribution in [-0.4, -0.2) is 43.9 Å². The molecule has 0 unspecified atom stereocenters. The maximum absolute atomic E-state index is 12.6. The van der Waals surface area contributed by atoms with Gasteiger partial charge in [-0.1, -0.05) is 42.5 Å². The summed E-state index contributed by atoms with van der Waals surface area (Å²) in [5.74, 6) is -1.37. The Balaban J connectivity index is 1.46. The number of aromatic nitrogens is 3. The number of fused-ring (bicyclic) bond motifs is 1. The van der Waals surface area contributed by atoms with Crippen LogP contribution in [0.1, 0.15) is 23.4 Å². The van der Waals surface area contributed by atoms with E-state index in [1.54, 1.807) is 47.2 Å². The Bertz CT molecular complexity index is 1370. The smallest absolute Gasteiger partial charge is 0.480 e. The Hall–Kier alpha value is -4.41. The van der Waals surface area contributed by atoms with Crippen LogP contribution in [0.15, 0.2) is 72.9 Å². The van der Waals surface area contributed by atoms with Crippen molar-refractivity contribution < 1.29 is 32.6 Å². The van der Waals surface area contributed by atoms with Gasteiger partial charge in [0.25, 0.3) is 0 Å². The molecule has 0 aliphatic heterocycles. The van der Waals surface area contributed by atoms with Crippen LogP contribution in [0.2, 0.25) is 0 Å². The van der Waals surface area contributed by atoms with Gasteiger partial charge in [0, 0.05) is 25.5 Å². The predicted molar refractivity (Wildman–Crippen MR) is 128 cm³/mol. The minimum atomic E-state index is -4.78. The van der Waals surface area contributed by atoms with Gasteiger partial charge in [0.1, 0.15) is 23.1 Å². The van der Waals surface area contributed by atoms with E-state index in [0.717, 1.165) is 5.56 Å². The van der Waals surface area contributed by atoms with Gasteiger partial charge in [0.2, 0.25) is 5.91 Å². The van der Waals surface area contributed by atoms with Crippen LogP contribution in [0.4, 0.5) is 13.2 Å². The summed E-state index contributed by atoms with van der Waals surface area (Å²) >= 11 is 0. The third kappa shape index (κ3) is 7.06. The molecule has 2 aromatic carbocycles. The fourth-order valence-electron chi connectivity index (χ4n) is 3.88. The number of alkyl halides is 3. The standard InChI is InChI=1S/C26H23F3N4O4/c27-26(28,29)37-19-10-8-18(9-11-19)16-33-22(31-20-7-4-14-30-24(20)33)12-13-23(34)32-21(25(35)36)15-17-5-2-1-3-6-17/h1-11,14,21H,12-13,15-16H2,(H,32,34)(H,35,36)/t21-/m0/s1. The highest BCUT2D eigenvalue weighted by Crippen LogP contribution is 2.24. The molecule has 1 atom stereocenters. The summed E-state index contributed by atoms with van der Waals surface area (Å²) in [5.41, 5.74) is 2.62. The van der Waals surface area contributed by atoms with Crippen molar-refractivity contribution in [3.05, 3.63) is 89.9 Å². The van der Waals surface area contributed by atoms with Crippen LogP contribution in [-0.2, 0) is 29.0 Å². The maximum Gasteiger partial charge on any atom is 0.573 e. The van der Waals surface area contributed by atoms with Gasteiger partial charge in [0.05, 0.1) is 6.54 Å². The molecule has 4 rings (SSSR count). The van der Waals surface area contributed by atoms with Gasteiger partial charge < -0.3 is 19.7 Å². The minimum absolute atomic E-state index is 0.0136. The third-order valence-corrected chi connectivity index (χ3v) is 5.57. The summed E-state index contributed by atoms with van der Waals surface area (Å²) in [6.07, 6.45) is -2.84. The molecular formula is C26H23F3N4O4. The zero-order valence-corrected chi connectivity index (χ0v) is 19.5. The highest BCUT2D eigenvalue weighted by Gasteiger charge is 2.31. The zero-order chi connectivity index (χ0) is 26.4. The van der Waals surface area contributed by atoms with Gasteiger partial charge in [-0.25, -0.2) is 14.8 Å². The van der Waals surface area contributed by atoms with E-state index >= 15 is 0 Å². The van der Waals surface area contributed by atoms with Crippen molar-refractivity contribution in [1.29, 1.82) is 0 Å². The summed E-state index contributed by atoms with van der Waals surface area (Å²) in [6, 6.07) is 16.9. The van der Waals surface area contributed by atoms with E-state index < -0.39 is 24.3 Å². The summed E-state index contributed by atoms with van der Waals surface area (Å²) in [5, 5.41) is 12.1. The molecule has 2 N–H and O–H groups in total. The monoisotopic (exact) mass is 512 g/mol. The number of rotatable bonds is 10. The molecule has 0 radical (unpaired) electrons. The quantitative estimate of drug-likeness (QED) is 0.331. The first-order chi connectivity index (χ1) is 17.7. The number of hydrogen-bond acceptors (Lipinski definition) is 5. The number of carbonyl (C=O) groups excluding carboxylic acids is 1. The molecule has 0 fully saturated rings. The first-order valence-electron chi connectivity index (χ1n) is 11.4. The predicted octanol–water partition coefficient (Wildman–Crippen LogP) is 4.12. The molecule has 192 valence electrons. The summed E-state index contributed by atoms with van der Waals surface area (Å²) < 4.78 is 43.0. The molecular weight excluding hydrogens is 489 g/mol. The molecule has 0 saturated carbocycles. The molecule has 4 aromatic rings. The molecule has 37 heavy (non-hydrogen) atoms. The Morgan fingerprint density at radius 2 is 1.73 bits per heavy atom. The van der Waals surface area contributed by atoms with Crippen molar-refractivity contribution in [2.24, 2.45) is 0 Å². The van der Waals surface area contributed by atoms with E-state index in [9.17, 15) is 27.9 Å². The van der Waals surface area contributed by atoms with Crippen molar-refractivity contribution in [3.8, 4) is 5.75 Å². The van der Waals surface area contributed by atoms with Crippen molar-refractivity contribution in [3.63, 3.8) is 0 Å². The van der Waals surface area contributed by atoms with E-state index in [-0.39, 0.29) is 31.6 Å². The van der Waals surface area contributed by atoms with Gasteiger partial charge in [0.15, 0.2) is 5.65 Å². The number of ether oxygens (including phenoxy) is 1. The van der Waals surface area contributed by atoms with Gasteiger partial charge in [-0.3, -0.25) is 4.79 Å². The van der Waals surface area contributed by atoms with Gasteiger partial charge >= 0.3 is 12.3 Å². The number of carbonyl (C=O) groups is 2. The van der Waals surface area contributed by atoms with Gasteiger partial charge in [-0.05, 0) is 35.4 Å². The lowest BCUT2D eigenvalue weighted by molar-refractivity contribution is -0.274. The number of aliphatic carboxylic acids is 1. The number of pyridine rings is 1. The van der Waals surface area contributed by atoms with Crippen LogP contribution >= 0.6 is 0 Å². The van der Waals surface area contributed by atoms with Crippen LogP contribution < -0.4 is 10.1 Å². The van der Waals surface area contributed by atoms with Gasteiger partial charge in [-0.15, -0.1) is 13.2 Å². The lowest BCUT2D eigenvalue weighted by Crippen LogP contribution is -2.42. The topological polar surface area (TPSA) is 106 Å². The lowest BCUT2D eigenvalue weighted by Gasteiger charge is -2.15. The van der Waals surface area contributed by atoms with Crippen LogP contribution in [0.3, 0.4) is 0 Å². The molecule has 8 nitrogen and oxygen atoms in total. The zero-order valence-electron chi connectivity index (χ0n) is 19.5. The molecule has 0 bridgehead atoms. The second kappa shape index (κ2) is 11.1. The van der Waals surface area contributed by atoms with E-state index in [1.807, 2.05) is 6.07 Å². The number of halogens is 3. The highest BCUT2D eigenvalue weighted by molar-refractivity contribution is 5.84. The Morgan fingerprint density at radius 3 is 2.41 bits per heavy atom. The van der Waals surface area contributed by atoms with Crippen molar-refractivity contribution in [2.75, 3.05) is 0 Å². The summed E-state index contributed by atoms with van der Waals surface area (Å²) in [4.78, 5) is 33.2. The summed E-state index contributed by atoms with van der Waals surface area (Å²) in [7, 11) is 0. The molecule has 0 aliphatic carbocycles. The van der Waals surface area contributed by atoms with E-state index in [2.05, 4.69) is 20.0 Å². The number of hydrogen-bond donors (Lipinski definition) is 2. The second-order valence-electron chi connectivity index (χ2n) is 8.30. The summed E-state index contributed by atoms with van der Waals surface area (Å²) in [6.45, 7) is 0.253. The largest absolute Gasteiger partial charge is 0.573 e. The number of imidazole rings is 1. The van der Waals surface area contributed by atoms with Crippen molar-refractivity contribution >= 4 is 23.0 Å². The van der Waals surface area contributed by atoms with Crippen LogP contribution in [0, 0.1) is 0 Å². The number of carboxylic acids is 1. The number of nitrogens with one attached hydrogen (secondary N) is 1. The average molecular weight is 512 g/mol. The van der Waals surface area contributed by atoms with E-state index in [1.165, 1.54) is 24.3 Å². The molecule has 0 aliphatic rings. The second-order valence-corrected chi connectivity index (χ2v) is 8.30. The normalized spacial score (nSPS) is 12.3. The number of nitrogens with zero attached hydrogens (tertiary/aromatic N) is 3. The number of aryl methyl sites for hydroxylation is 1. The first kappa shape index (κ1) is 25.7. The Morgan fingerprint density at radius 1 is 1.00 bits per heavy atom. The fraction of sp³-hybridized carbons (Fsp3) is 0.231. The highest BCUT2D eigenvalue weighted by atomic mass is 19.4. The van der Waals surface area contributed by atoms with Crippen LogP contribution in [0.5, 0.6) is 5.75 Å². The van der Waals surface area contributed by atoms with E-state index in [0.29, 0.717) is 22.6 Å². The average Bonchev–Trinajstić information content (AvgIpc) is 3.20. The first-order valence-corrected chi connectivity index (χ1v) is 11.4. The van der Waals surface area contributed by atoms with Gasteiger partial charge in [-0.2, -0.15) is 0 Å². The molecule has 2 heterocycles. The third-order valence-electron chi connectivity index (χ3n) is 5.57. The fourth-order valence-corrected chi connectivity index (χ4v) is 3.88. The number of amides is 1. The molecule has 0 spiro atoms. The molecule has 2 aromatic heterocycles. The maximum atomic E-state index is 12.6. The van der Waals surface area contributed by atoms with Crippen molar-refractivity contribution in [2.45, 2.75) is 38.2 Å². The minimum Gasteiger partial charge on any atom is -0.480 e. The number of benzene rings is 2. The molecule has 0 saturated heterocycles. The van der Waals surface area contributed by atoms with E-state index in [4.69, 9.17) is 0 Å². The SMILES string of the molecule is O=C(CCc1nc2cccnc2n1Cc1ccc(OC(F)(F)F)cc1)N[C@@H](Cc1ccccc1)C(=O)O. The van der Waals surface area contributed by atoms with Crippen LogP contribution in [0.25, 0.3) is 11.2 Å². The number of carboxylic acid groups (broad SMARTS) is 1. The Kier molecular flexibility index (Phi) is 7.71.